The van der Waals surface area contributed by atoms with E-state index in [1.165, 1.54) is 16.7 Å². The first-order valence-electron chi connectivity index (χ1n) is 8.26. The monoisotopic (exact) mass is 296 g/mol. The molecule has 0 N–H and O–H groups in total. The van der Waals surface area contributed by atoms with Crippen LogP contribution in [0.3, 0.4) is 0 Å². The average Bonchev–Trinajstić information content (AvgIpc) is 2.46. The zero-order chi connectivity index (χ0) is 16.2. The maximum absolute atomic E-state index is 5.83. The second-order valence-corrected chi connectivity index (χ2v) is 8.40. The molecule has 0 spiro atoms. The maximum atomic E-state index is 5.83. The topological polar surface area (TPSA) is 9.23 Å². The molecule has 0 radical (unpaired) electrons. The lowest BCUT2D eigenvalue weighted by molar-refractivity contribution is -0.0461. The summed E-state index contributed by atoms with van der Waals surface area (Å²) in [5, 5.41) is 0. The molecule has 1 unspecified atom stereocenters. The normalized spacial score (nSPS) is 33.9. The van der Waals surface area contributed by atoms with Crippen molar-refractivity contribution in [2.24, 2.45) is 11.3 Å². The fraction of sp³-hybridized carbons (Fsp3) is 0.524. The van der Waals surface area contributed by atoms with Crippen LogP contribution in [0, 0.1) is 11.3 Å². The standard InChI is InChI=1S/C21H28O/c1-19(2,3)16-9-7-15(8-10-16)18-13-17-11-12-20(18,4)14-21(17,5)22-6/h7-13,17H,14H2,1-6H3/t17-,20-,21?/m1/s1. The van der Waals surface area contributed by atoms with Gasteiger partial charge in [0.25, 0.3) is 0 Å². The Labute approximate surface area is 135 Å². The molecule has 0 fully saturated rings. The summed E-state index contributed by atoms with van der Waals surface area (Å²) in [7, 11) is 1.84. The van der Waals surface area contributed by atoms with Gasteiger partial charge >= 0.3 is 0 Å². The van der Waals surface area contributed by atoms with Gasteiger partial charge in [-0.25, -0.2) is 0 Å². The van der Waals surface area contributed by atoms with Crippen LogP contribution in [-0.2, 0) is 10.2 Å². The van der Waals surface area contributed by atoms with Crippen molar-refractivity contribution in [1.82, 2.24) is 0 Å². The molecule has 1 heteroatoms. The highest BCUT2D eigenvalue weighted by Crippen LogP contribution is 2.54. The Kier molecular flexibility index (Phi) is 3.41. The van der Waals surface area contributed by atoms with Crippen molar-refractivity contribution in [3.63, 3.8) is 0 Å². The lowest BCUT2D eigenvalue weighted by Gasteiger charge is -2.50. The van der Waals surface area contributed by atoms with Crippen LogP contribution in [0.1, 0.15) is 52.2 Å². The summed E-state index contributed by atoms with van der Waals surface area (Å²) in [4.78, 5) is 0. The Morgan fingerprint density at radius 1 is 1.09 bits per heavy atom. The van der Waals surface area contributed by atoms with Crippen LogP contribution in [0.2, 0.25) is 0 Å². The van der Waals surface area contributed by atoms with Crippen molar-refractivity contribution in [2.75, 3.05) is 7.11 Å². The summed E-state index contributed by atoms with van der Waals surface area (Å²) in [5.74, 6) is 0.372. The largest absolute Gasteiger partial charge is 0.378 e. The van der Waals surface area contributed by atoms with Gasteiger partial charge in [-0.05, 0) is 35.5 Å². The van der Waals surface area contributed by atoms with Crippen LogP contribution in [0.25, 0.3) is 5.57 Å². The summed E-state index contributed by atoms with van der Waals surface area (Å²) in [6.07, 6.45) is 8.16. The quantitative estimate of drug-likeness (QED) is 0.667. The fourth-order valence-corrected chi connectivity index (χ4v) is 4.00. The smallest absolute Gasteiger partial charge is 0.0759 e. The highest BCUT2D eigenvalue weighted by molar-refractivity contribution is 5.75. The molecule has 1 nitrogen and oxygen atoms in total. The number of fused-ring (bicyclic) bond motifs is 1. The van der Waals surface area contributed by atoms with Gasteiger partial charge in [0.2, 0.25) is 0 Å². The first-order chi connectivity index (χ1) is 10.2. The van der Waals surface area contributed by atoms with Gasteiger partial charge in [0.05, 0.1) is 5.60 Å². The van der Waals surface area contributed by atoms with Crippen LogP contribution in [-0.4, -0.2) is 12.7 Å². The number of methoxy groups -OCH3 is 1. The molecule has 2 bridgehead atoms. The predicted octanol–water partition coefficient (Wildman–Crippen LogP) is 5.37. The zero-order valence-electron chi connectivity index (χ0n) is 14.7. The number of allylic oxidation sites excluding steroid dienone is 2. The molecule has 1 aromatic carbocycles. The molecule has 3 atom stereocenters. The Hall–Kier alpha value is -1.34. The molecule has 0 saturated heterocycles. The molecule has 0 amide bonds. The lowest BCUT2D eigenvalue weighted by atomic mass is 9.59. The third-order valence-corrected chi connectivity index (χ3v) is 5.58. The van der Waals surface area contributed by atoms with E-state index in [1.54, 1.807) is 0 Å². The fourth-order valence-electron chi connectivity index (χ4n) is 4.00. The van der Waals surface area contributed by atoms with Crippen molar-refractivity contribution in [3.05, 3.63) is 53.6 Å². The Morgan fingerprint density at radius 3 is 2.23 bits per heavy atom. The van der Waals surface area contributed by atoms with Crippen molar-refractivity contribution in [2.45, 2.75) is 52.1 Å². The molecule has 0 aliphatic heterocycles. The SMILES string of the molecule is COC1(C)C[C@@]2(C)C=C[C@@H]1C=C2c1ccc(C(C)(C)C)cc1. The van der Waals surface area contributed by atoms with Crippen LogP contribution in [0.15, 0.2) is 42.5 Å². The number of benzene rings is 1. The van der Waals surface area contributed by atoms with E-state index in [-0.39, 0.29) is 16.4 Å². The highest BCUT2D eigenvalue weighted by Gasteiger charge is 2.48. The first-order valence-corrected chi connectivity index (χ1v) is 8.26. The third-order valence-electron chi connectivity index (χ3n) is 5.58. The Bertz CT molecular complexity index is 629. The molecular weight excluding hydrogens is 268 g/mol. The minimum Gasteiger partial charge on any atom is -0.378 e. The van der Waals surface area contributed by atoms with Gasteiger partial charge < -0.3 is 4.74 Å². The maximum Gasteiger partial charge on any atom is 0.0759 e. The summed E-state index contributed by atoms with van der Waals surface area (Å²) in [6, 6.07) is 9.13. The number of hydrogen-bond acceptors (Lipinski definition) is 1. The van der Waals surface area contributed by atoms with Gasteiger partial charge in [0, 0.05) is 18.4 Å². The van der Waals surface area contributed by atoms with E-state index in [0.29, 0.717) is 5.92 Å². The number of ether oxygens (including phenoxy) is 1. The van der Waals surface area contributed by atoms with E-state index in [2.05, 4.69) is 77.1 Å². The Morgan fingerprint density at radius 2 is 1.73 bits per heavy atom. The molecule has 0 aromatic heterocycles. The zero-order valence-corrected chi connectivity index (χ0v) is 14.7. The minimum absolute atomic E-state index is 0.0711. The summed E-state index contributed by atoms with van der Waals surface area (Å²) >= 11 is 0. The molecule has 0 heterocycles. The van der Waals surface area contributed by atoms with Gasteiger partial charge in [-0.2, -0.15) is 0 Å². The van der Waals surface area contributed by atoms with Gasteiger partial charge in [-0.3, -0.25) is 0 Å². The van der Waals surface area contributed by atoms with Crippen LogP contribution >= 0.6 is 0 Å². The molecular formula is C21H28O. The van der Waals surface area contributed by atoms with Gasteiger partial charge in [0.15, 0.2) is 0 Å². The molecule has 3 aliphatic carbocycles. The van der Waals surface area contributed by atoms with E-state index in [9.17, 15) is 0 Å². The Balaban J connectivity index is 1.99. The van der Waals surface area contributed by atoms with E-state index in [1.807, 2.05) is 7.11 Å². The average molecular weight is 296 g/mol. The van der Waals surface area contributed by atoms with Crippen molar-refractivity contribution >= 4 is 5.57 Å². The molecule has 3 aliphatic rings. The van der Waals surface area contributed by atoms with E-state index in [4.69, 9.17) is 4.74 Å². The minimum atomic E-state index is -0.0711. The van der Waals surface area contributed by atoms with E-state index < -0.39 is 0 Å². The second kappa shape index (κ2) is 4.83. The van der Waals surface area contributed by atoms with Gasteiger partial charge in [-0.15, -0.1) is 0 Å². The lowest BCUT2D eigenvalue weighted by Crippen LogP contribution is -2.46. The van der Waals surface area contributed by atoms with Crippen LogP contribution < -0.4 is 0 Å². The summed E-state index contributed by atoms with van der Waals surface area (Å²) < 4.78 is 5.83. The third kappa shape index (κ3) is 2.36. The number of rotatable bonds is 2. The first kappa shape index (κ1) is 15.6. The molecule has 4 rings (SSSR count). The molecule has 118 valence electrons. The molecule has 22 heavy (non-hydrogen) atoms. The molecule has 0 saturated carbocycles. The summed E-state index contributed by atoms with van der Waals surface area (Å²) in [5.41, 5.74) is 4.40. The van der Waals surface area contributed by atoms with Crippen molar-refractivity contribution < 1.29 is 4.74 Å². The van der Waals surface area contributed by atoms with E-state index in [0.717, 1.165) is 6.42 Å². The predicted molar refractivity (Wildman–Crippen MR) is 93.9 cm³/mol. The van der Waals surface area contributed by atoms with Crippen molar-refractivity contribution in [1.29, 1.82) is 0 Å². The number of hydrogen-bond donors (Lipinski definition) is 0. The second-order valence-electron chi connectivity index (χ2n) is 8.40. The van der Waals surface area contributed by atoms with Gasteiger partial charge in [-0.1, -0.05) is 70.2 Å². The summed E-state index contributed by atoms with van der Waals surface area (Å²) in [6.45, 7) is 11.4. The van der Waals surface area contributed by atoms with E-state index >= 15 is 0 Å². The molecule has 1 aromatic rings. The van der Waals surface area contributed by atoms with Crippen molar-refractivity contribution in [3.8, 4) is 0 Å². The van der Waals surface area contributed by atoms with Gasteiger partial charge in [0.1, 0.15) is 0 Å². The highest BCUT2D eigenvalue weighted by atomic mass is 16.5. The van der Waals surface area contributed by atoms with Crippen LogP contribution in [0.4, 0.5) is 0 Å². The van der Waals surface area contributed by atoms with Crippen LogP contribution in [0.5, 0.6) is 0 Å².